The molecule has 0 radical (unpaired) electrons. The van der Waals surface area contributed by atoms with Crippen molar-refractivity contribution in [3.8, 4) is 0 Å². The van der Waals surface area contributed by atoms with Crippen LogP contribution in [-0.2, 0) is 17.8 Å². The smallest absolute Gasteiger partial charge is 0.152 e. The van der Waals surface area contributed by atoms with E-state index in [4.69, 9.17) is 10.5 Å². The van der Waals surface area contributed by atoms with Gasteiger partial charge in [0.25, 0.3) is 0 Å². The maximum Gasteiger partial charge on any atom is 0.152 e. The van der Waals surface area contributed by atoms with Crippen molar-refractivity contribution >= 4 is 27.8 Å². The summed E-state index contributed by atoms with van der Waals surface area (Å²) < 4.78 is 5.48. The molecule has 0 atom stereocenters. The zero-order valence-corrected chi connectivity index (χ0v) is 18.5. The second kappa shape index (κ2) is 9.09. The number of nitrogens with two attached hydrogens (primary N) is 1. The number of fused-ring (bicyclic) bond motifs is 3. The zero-order valence-electron chi connectivity index (χ0n) is 18.5. The number of anilines is 1. The first-order valence-corrected chi connectivity index (χ1v) is 10.6. The van der Waals surface area contributed by atoms with Crippen LogP contribution in [0.5, 0.6) is 0 Å². The van der Waals surface area contributed by atoms with E-state index in [-0.39, 0.29) is 5.54 Å². The van der Waals surface area contributed by atoms with Gasteiger partial charge in [-0.1, -0.05) is 12.5 Å². The van der Waals surface area contributed by atoms with E-state index in [0.29, 0.717) is 19.0 Å². The van der Waals surface area contributed by atoms with Crippen molar-refractivity contribution in [1.29, 1.82) is 0 Å². The molecular formula is C23H35N5O. The van der Waals surface area contributed by atoms with E-state index in [9.17, 15) is 0 Å². The minimum atomic E-state index is 0.240. The van der Waals surface area contributed by atoms with Crippen LogP contribution in [0.1, 0.15) is 58.3 Å². The number of nitrogens with one attached hydrogen (secondary N) is 1. The van der Waals surface area contributed by atoms with Gasteiger partial charge >= 0.3 is 0 Å². The summed E-state index contributed by atoms with van der Waals surface area (Å²) >= 11 is 0. The fourth-order valence-electron chi connectivity index (χ4n) is 3.48. The van der Waals surface area contributed by atoms with Gasteiger partial charge in [-0.05, 0) is 78.2 Å². The highest BCUT2D eigenvalue weighted by atomic mass is 16.5. The van der Waals surface area contributed by atoms with Gasteiger partial charge < -0.3 is 20.4 Å². The number of imidazole rings is 1. The Morgan fingerprint density at radius 1 is 1.14 bits per heavy atom. The topological polar surface area (TPSA) is 80.1 Å². The van der Waals surface area contributed by atoms with E-state index >= 15 is 0 Å². The van der Waals surface area contributed by atoms with E-state index in [1.165, 1.54) is 24.8 Å². The third-order valence-corrected chi connectivity index (χ3v) is 5.61. The highest BCUT2D eigenvalue weighted by Crippen LogP contribution is 2.27. The van der Waals surface area contributed by atoms with Crippen LogP contribution in [0.15, 0.2) is 18.2 Å². The van der Waals surface area contributed by atoms with Crippen LogP contribution < -0.4 is 5.73 Å². The van der Waals surface area contributed by atoms with Gasteiger partial charge in [-0.3, -0.25) is 0 Å². The minimum absolute atomic E-state index is 0.240. The Morgan fingerprint density at radius 2 is 1.93 bits per heavy atom. The Labute approximate surface area is 173 Å². The Bertz CT molecular complexity index is 957. The fraction of sp³-hybridized carbons (Fsp3) is 0.565. The molecule has 3 N–H and O–H groups in total. The molecule has 1 aromatic carbocycles. The summed E-state index contributed by atoms with van der Waals surface area (Å²) in [7, 11) is 2.21. The number of unbranched alkanes of at least 4 members (excludes halogenated alkanes) is 2. The summed E-state index contributed by atoms with van der Waals surface area (Å²) in [6, 6.07) is 6.46. The third-order valence-electron chi connectivity index (χ3n) is 5.61. The molecule has 0 fully saturated rings. The van der Waals surface area contributed by atoms with Crippen LogP contribution in [0.25, 0.3) is 21.9 Å². The first kappa shape index (κ1) is 21.5. The Balaban J connectivity index is 1.69. The molecule has 0 aliphatic rings. The number of hydrogen-bond acceptors (Lipinski definition) is 5. The molecule has 0 amide bonds. The lowest BCUT2D eigenvalue weighted by atomic mass is 10.0. The molecular weight excluding hydrogens is 362 g/mol. The van der Waals surface area contributed by atoms with Crippen molar-refractivity contribution in [1.82, 2.24) is 19.9 Å². The second-order valence-electron chi connectivity index (χ2n) is 8.80. The summed E-state index contributed by atoms with van der Waals surface area (Å²) in [6.07, 6.45) is 4.72. The lowest BCUT2D eigenvalue weighted by molar-refractivity contribution is 0.129. The predicted molar refractivity (Wildman–Crippen MR) is 121 cm³/mol. The quantitative estimate of drug-likeness (QED) is 0.513. The van der Waals surface area contributed by atoms with E-state index in [0.717, 1.165) is 40.7 Å². The van der Waals surface area contributed by atoms with Gasteiger partial charge in [0.2, 0.25) is 0 Å². The summed E-state index contributed by atoms with van der Waals surface area (Å²) in [5, 5.41) is 1.08. The standard InChI is InChI=1S/C23H35N5O/c1-6-29-15-19-26-20-17-14-16(10-8-7-9-13-28(5)23(2,3)4)11-12-18(17)25-22(24)21(20)27-19/h11-12,14H,6-10,13,15H2,1-5H3,(H2,24,25)(H,26,27). The van der Waals surface area contributed by atoms with Gasteiger partial charge in [0.15, 0.2) is 5.82 Å². The number of aromatic nitrogens is 3. The summed E-state index contributed by atoms with van der Waals surface area (Å²) in [4.78, 5) is 14.9. The molecule has 0 saturated carbocycles. The van der Waals surface area contributed by atoms with Crippen molar-refractivity contribution < 1.29 is 4.74 Å². The normalized spacial score (nSPS) is 12.5. The van der Waals surface area contributed by atoms with Crippen LogP contribution >= 0.6 is 0 Å². The van der Waals surface area contributed by atoms with E-state index < -0.39 is 0 Å². The molecule has 0 aliphatic heterocycles. The highest BCUT2D eigenvalue weighted by molar-refractivity contribution is 6.06. The number of nitrogens with zero attached hydrogens (tertiary/aromatic N) is 3. The zero-order chi connectivity index (χ0) is 21.0. The number of aryl methyl sites for hydroxylation is 1. The van der Waals surface area contributed by atoms with Gasteiger partial charge in [0.05, 0.1) is 11.0 Å². The fourth-order valence-corrected chi connectivity index (χ4v) is 3.48. The third kappa shape index (κ3) is 5.25. The monoisotopic (exact) mass is 397 g/mol. The van der Waals surface area contributed by atoms with Crippen molar-refractivity contribution in [3.63, 3.8) is 0 Å². The van der Waals surface area contributed by atoms with Crippen molar-refractivity contribution in [2.75, 3.05) is 25.9 Å². The highest BCUT2D eigenvalue weighted by Gasteiger charge is 2.16. The number of rotatable bonds is 9. The number of pyridine rings is 1. The summed E-state index contributed by atoms with van der Waals surface area (Å²) in [5.74, 6) is 1.25. The SMILES string of the molecule is CCOCc1nc2c(N)nc3ccc(CCCCCN(C)C(C)(C)C)cc3c2[nH]1. The number of ether oxygens (including phenoxy) is 1. The number of hydrogen-bond donors (Lipinski definition) is 2. The lowest BCUT2D eigenvalue weighted by Gasteiger charge is -2.31. The van der Waals surface area contributed by atoms with E-state index in [1.54, 1.807) is 0 Å². The van der Waals surface area contributed by atoms with Gasteiger partial charge in [-0.15, -0.1) is 0 Å². The van der Waals surface area contributed by atoms with Gasteiger partial charge in [-0.2, -0.15) is 0 Å². The first-order valence-electron chi connectivity index (χ1n) is 10.6. The van der Waals surface area contributed by atoms with Gasteiger partial charge in [0, 0.05) is 17.5 Å². The van der Waals surface area contributed by atoms with Crippen LogP contribution in [0.2, 0.25) is 0 Å². The molecule has 6 heteroatoms. The Kier molecular flexibility index (Phi) is 6.75. The molecule has 0 aliphatic carbocycles. The molecule has 0 bridgehead atoms. The van der Waals surface area contributed by atoms with Gasteiger partial charge in [0.1, 0.15) is 17.9 Å². The van der Waals surface area contributed by atoms with Gasteiger partial charge in [-0.25, -0.2) is 9.97 Å². The van der Waals surface area contributed by atoms with Crippen LogP contribution in [-0.4, -0.2) is 45.6 Å². The molecule has 0 unspecified atom stereocenters. The molecule has 0 spiro atoms. The minimum Gasteiger partial charge on any atom is -0.382 e. The molecule has 6 nitrogen and oxygen atoms in total. The predicted octanol–water partition coefficient (Wildman–Crippen LogP) is 4.67. The Hall–Kier alpha value is -2.18. The number of H-pyrrole nitrogens is 1. The maximum absolute atomic E-state index is 6.13. The average molecular weight is 398 g/mol. The molecule has 158 valence electrons. The second-order valence-corrected chi connectivity index (χ2v) is 8.80. The number of benzene rings is 1. The molecule has 3 rings (SSSR count). The largest absolute Gasteiger partial charge is 0.382 e. The number of nitrogen functional groups attached to an aromatic ring is 1. The van der Waals surface area contributed by atoms with Crippen LogP contribution in [0.3, 0.4) is 0 Å². The summed E-state index contributed by atoms with van der Waals surface area (Å²) in [6.45, 7) is 11.0. The molecule has 29 heavy (non-hydrogen) atoms. The molecule has 3 aromatic rings. The molecule has 0 saturated heterocycles. The maximum atomic E-state index is 6.13. The average Bonchev–Trinajstić information content (AvgIpc) is 3.11. The van der Waals surface area contributed by atoms with E-state index in [2.05, 4.69) is 65.9 Å². The van der Waals surface area contributed by atoms with Crippen molar-refractivity contribution in [3.05, 3.63) is 29.6 Å². The van der Waals surface area contributed by atoms with Crippen LogP contribution in [0, 0.1) is 0 Å². The summed E-state index contributed by atoms with van der Waals surface area (Å²) in [5.41, 5.74) is 10.3. The molecule has 2 aromatic heterocycles. The first-order chi connectivity index (χ1) is 13.8. The number of aromatic amines is 1. The van der Waals surface area contributed by atoms with Crippen molar-refractivity contribution in [2.24, 2.45) is 0 Å². The molecule has 2 heterocycles. The Morgan fingerprint density at radius 3 is 2.66 bits per heavy atom. The lowest BCUT2D eigenvalue weighted by Crippen LogP contribution is -2.38. The van der Waals surface area contributed by atoms with E-state index in [1.807, 2.05) is 6.92 Å². The van der Waals surface area contributed by atoms with Crippen LogP contribution in [0.4, 0.5) is 5.82 Å². The van der Waals surface area contributed by atoms with Crippen molar-refractivity contribution in [2.45, 2.75) is 65.5 Å².